The van der Waals surface area contributed by atoms with Crippen LogP contribution >= 0.6 is 11.3 Å². The number of fused-ring (bicyclic) bond motifs is 3. The maximum Gasteiger partial charge on any atom is 0.266 e. The lowest BCUT2D eigenvalue weighted by Gasteiger charge is -2.15. The SMILES string of the molecule is C[C@@H](N)c1ccc(-c2c(O)c(O)c(O)c3[nH]c(=O)c4sccc4c23)cc1. The molecule has 7 heteroatoms. The average Bonchev–Trinajstić information content (AvgIpc) is 3.12. The summed E-state index contributed by atoms with van der Waals surface area (Å²) in [6.07, 6.45) is 0. The van der Waals surface area contributed by atoms with E-state index in [0.717, 1.165) is 5.56 Å². The second-order valence-corrected chi connectivity index (χ2v) is 7.12. The van der Waals surface area contributed by atoms with Crippen LogP contribution in [0.3, 0.4) is 0 Å². The Balaban J connectivity index is 2.17. The third kappa shape index (κ3) is 2.25. The van der Waals surface area contributed by atoms with E-state index in [1.165, 1.54) is 11.3 Å². The average molecular weight is 368 g/mol. The number of aromatic hydroxyl groups is 3. The molecule has 6 N–H and O–H groups in total. The molecule has 6 nitrogen and oxygen atoms in total. The Hall–Kier alpha value is -3.03. The van der Waals surface area contributed by atoms with Gasteiger partial charge in [0.1, 0.15) is 4.70 Å². The first kappa shape index (κ1) is 16.4. The lowest BCUT2D eigenvalue weighted by atomic mass is 9.95. The summed E-state index contributed by atoms with van der Waals surface area (Å²) in [5.74, 6) is -1.67. The summed E-state index contributed by atoms with van der Waals surface area (Å²) in [6, 6.07) is 8.87. The number of nitrogens with two attached hydrogens (primary N) is 1. The maximum atomic E-state index is 12.3. The smallest absolute Gasteiger partial charge is 0.266 e. The van der Waals surface area contributed by atoms with Crippen LogP contribution in [-0.2, 0) is 0 Å². The highest BCUT2D eigenvalue weighted by Gasteiger charge is 2.23. The number of rotatable bonds is 2. The van der Waals surface area contributed by atoms with Gasteiger partial charge in [-0.2, -0.15) is 0 Å². The van der Waals surface area contributed by atoms with Gasteiger partial charge in [-0.3, -0.25) is 4.79 Å². The second-order valence-electron chi connectivity index (χ2n) is 6.20. The number of nitrogens with one attached hydrogen (secondary N) is 1. The van der Waals surface area contributed by atoms with Crippen molar-refractivity contribution in [2.45, 2.75) is 13.0 Å². The van der Waals surface area contributed by atoms with E-state index in [4.69, 9.17) is 5.73 Å². The molecule has 1 atom stereocenters. The van der Waals surface area contributed by atoms with Crippen LogP contribution in [0, 0.1) is 0 Å². The molecule has 0 saturated carbocycles. The van der Waals surface area contributed by atoms with Crippen LogP contribution in [0.2, 0.25) is 0 Å². The van der Waals surface area contributed by atoms with E-state index in [-0.39, 0.29) is 17.1 Å². The van der Waals surface area contributed by atoms with Crippen molar-refractivity contribution < 1.29 is 15.3 Å². The van der Waals surface area contributed by atoms with Crippen LogP contribution in [0.4, 0.5) is 0 Å². The minimum absolute atomic E-state index is 0.0856. The van der Waals surface area contributed by atoms with E-state index < -0.39 is 17.2 Å². The molecule has 4 aromatic rings. The van der Waals surface area contributed by atoms with Crippen LogP contribution in [0.15, 0.2) is 40.5 Å². The van der Waals surface area contributed by atoms with Gasteiger partial charge in [-0.15, -0.1) is 11.3 Å². The summed E-state index contributed by atoms with van der Waals surface area (Å²) in [6.45, 7) is 1.87. The van der Waals surface area contributed by atoms with E-state index in [1.807, 2.05) is 19.1 Å². The topological polar surface area (TPSA) is 120 Å². The fourth-order valence-corrected chi connectivity index (χ4v) is 3.98. The van der Waals surface area contributed by atoms with E-state index in [0.29, 0.717) is 26.6 Å². The monoisotopic (exact) mass is 368 g/mol. The van der Waals surface area contributed by atoms with E-state index >= 15 is 0 Å². The van der Waals surface area contributed by atoms with Crippen molar-refractivity contribution in [3.63, 3.8) is 0 Å². The molecule has 0 saturated heterocycles. The first-order chi connectivity index (χ1) is 12.4. The quantitative estimate of drug-likeness (QED) is 0.347. The Morgan fingerprint density at radius 3 is 2.38 bits per heavy atom. The zero-order valence-corrected chi connectivity index (χ0v) is 14.6. The molecule has 2 aromatic carbocycles. The number of benzene rings is 2. The van der Waals surface area contributed by atoms with Gasteiger partial charge in [-0.1, -0.05) is 24.3 Å². The first-order valence-corrected chi connectivity index (χ1v) is 8.84. The van der Waals surface area contributed by atoms with Crippen LogP contribution in [-0.4, -0.2) is 20.3 Å². The number of thiophene rings is 1. The minimum atomic E-state index is -0.672. The molecule has 2 heterocycles. The van der Waals surface area contributed by atoms with Gasteiger partial charge in [0, 0.05) is 22.4 Å². The van der Waals surface area contributed by atoms with Crippen LogP contribution in [0.1, 0.15) is 18.5 Å². The van der Waals surface area contributed by atoms with Gasteiger partial charge < -0.3 is 26.0 Å². The van der Waals surface area contributed by atoms with Crippen molar-refractivity contribution in [3.8, 4) is 28.4 Å². The fourth-order valence-electron chi connectivity index (χ4n) is 3.19. The largest absolute Gasteiger partial charge is 0.504 e. The van der Waals surface area contributed by atoms with Crippen molar-refractivity contribution in [1.29, 1.82) is 0 Å². The number of H-pyrrole nitrogens is 1. The van der Waals surface area contributed by atoms with E-state index in [9.17, 15) is 20.1 Å². The third-order valence-electron chi connectivity index (χ3n) is 4.53. The van der Waals surface area contributed by atoms with E-state index in [2.05, 4.69) is 4.98 Å². The van der Waals surface area contributed by atoms with Crippen LogP contribution in [0.25, 0.3) is 32.1 Å². The summed E-state index contributed by atoms with van der Waals surface area (Å²) in [4.78, 5) is 14.9. The lowest BCUT2D eigenvalue weighted by molar-refractivity contribution is 0.372. The number of pyridine rings is 1. The molecule has 2 aromatic heterocycles. The molecule has 0 aliphatic carbocycles. The van der Waals surface area contributed by atoms with Gasteiger partial charge in [0.25, 0.3) is 5.56 Å². The molecule has 132 valence electrons. The fraction of sp³-hybridized carbons (Fsp3) is 0.105. The number of hydrogen-bond acceptors (Lipinski definition) is 6. The summed E-state index contributed by atoms with van der Waals surface area (Å²) in [5, 5.41) is 33.8. The number of aromatic nitrogens is 1. The molecule has 4 rings (SSSR count). The molecule has 0 unspecified atom stereocenters. The maximum absolute atomic E-state index is 12.3. The predicted molar refractivity (Wildman–Crippen MR) is 103 cm³/mol. The number of aromatic amines is 1. The van der Waals surface area contributed by atoms with Crippen molar-refractivity contribution in [1.82, 2.24) is 4.98 Å². The summed E-state index contributed by atoms with van der Waals surface area (Å²) in [7, 11) is 0. The molecular formula is C19H16N2O4S. The molecule has 0 amide bonds. The molecule has 26 heavy (non-hydrogen) atoms. The van der Waals surface area contributed by atoms with Gasteiger partial charge in [0.05, 0.1) is 5.52 Å². The molecule has 0 bridgehead atoms. The Morgan fingerprint density at radius 2 is 1.73 bits per heavy atom. The number of phenols is 3. The third-order valence-corrected chi connectivity index (χ3v) is 5.44. The standard InChI is InChI=1S/C19H16N2O4S/c1-8(20)9-2-4-10(5-3-9)12-13-11-6-7-26-18(11)19(25)21-14(13)16(23)17(24)15(12)22/h2-8,22-24H,20H2,1H3,(H,21,25)/t8-/m1/s1. The van der Waals surface area contributed by atoms with Crippen molar-refractivity contribution in [3.05, 3.63) is 51.6 Å². The summed E-state index contributed by atoms with van der Waals surface area (Å²) < 4.78 is 0.482. The predicted octanol–water partition coefficient (Wildman–Crippen LogP) is 3.55. The van der Waals surface area contributed by atoms with Gasteiger partial charge in [0.15, 0.2) is 11.5 Å². The van der Waals surface area contributed by atoms with Crippen molar-refractivity contribution in [2.24, 2.45) is 5.73 Å². The molecule has 0 fully saturated rings. The molecular weight excluding hydrogens is 352 g/mol. The Morgan fingerprint density at radius 1 is 1.04 bits per heavy atom. The highest BCUT2D eigenvalue weighted by molar-refractivity contribution is 7.17. The van der Waals surface area contributed by atoms with Gasteiger partial charge in [0.2, 0.25) is 5.75 Å². The Bertz CT molecular complexity index is 1210. The van der Waals surface area contributed by atoms with Crippen LogP contribution in [0.5, 0.6) is 17.2 Å². The zero-order valence-electron chi connectivity index (χ0n) is 13.8. The first-order valence-electron chi connectivity index (χ1n) is 7.96. The number of phenolic OH excluding ortho intramolecular Hbond substituents is 3. The van der Waals surface area contributed by atoms with Gasteiger partial charge in [-0.25, -0.2) is 0 Å². The minimum Gasteiger partial charge on any atom is -0.504 e. The zero-order chi connectivity index (χ0) is 18.6. The number of hydrogen-bond donors (Lipinski definition) is 5. The molecule has 0 aliphatic rings. The molecule has 0 spiro atoms. The lowest BCUT2D eigenvalue weighted by Crippen LogP contribution is -2.05. The highest BCUT2D eigenvalue weighted by Crippen LogP contribution is 2.50. The molecule has 0 radical (unpaired) electrons. The van der Waals surface area contributed by atoms with Crippen molar-refractivity contribution >= 4 is 32.3 Å². The Labute approximate surface area is 151 Å². The summed E-state index contributed by atoms with van der Waals surface area (Å²) >= 11 is 1.27. The van der Waals surface area contributed by atoms with E-state index in [1.54, 1.807) is 23.6 Å². The highest BCUT2D eigenvalue weighted by atomic mass is 32.1. The van der Waals surface area contributed by atoms with Gasteiger partial charge in [-0.05, 0) is 29.5 Å². The summed E-state index contributed by atoms with van der Waals surface area (Å²) in [5.41, 5.74) is 7.50. The van der Waals surface area contributed by atoms with Gasteiger partial charge >= 0.3 is 0 Å². The Kier molecular flexibility index (Phi) is 3.64. The van der Waals surface area contributed by atoms with Crippen molar-refractivity contribution in [2.75, 3.05) is 0 Å². The normalized spacial score (nSPS) is 12.7. The second kappa shape index (κ2) is 5.76. The molecule has 0 aliphatic heterocycles. The van der Waals surface area contributed by atoms with Crippen LogP contribution < -0.4 is 11.3 Å².